The smallest absolute Gasteiger partial charge is 0.162 e. The Balaban J connectivity index is 2.44. The molecule has 0 saturated heterocycles. The van der Waals surface area contributed by atoms with Gasteiger partial charge in [0.1, 0.15) is 5.75 Å². The van der Waals surface area contributed by atoms with E-state index in [2.05, 4.69) is 23.6 Å². The fourth-order valence-electron chi connectivity index (χ4n) is 2.43. The number of rotatable bonds is 5. The zero-order valence-electron chi connectivity index (χ0n) is 13.6. The number of aromatic hydroxyl groups is 1. The van der Waals surface area contributed by atoms with Crippen LogP contribution in [0.15, 0.2) is 29.4 Å². The molecule has 23 heavy (non-hydrogen) atoms. The minimum atomic E-state index is 0.287. The van der Waals surface area contributed by atoms with Crippen molar-refractivity contribution in [3.8, 4) is 5.75 Å². The van der Waals surface area contributed by atoms with Crippen molar-refractivity contribution in [3.05, 3.63) is 50.7 Å². The number of nitrogens with one attached hydrogen (secondary N) is 1. The molecular formula is C17H22N4OS. The van der Waals surface area contributed by atoms with Crippen LogP contribution in [-0.4, -0.2) is 10.9 Å². The molecule has 0 amide bonds. The van der Waals surface area contributed by atoms with Gasteiger partial charge in [0, 0.05) is 4.88 Å². The molecule has 0 unspecified atom stereocenters. The number of hydrogen-bond donors (Lipinski definition) is 4. The molecule has 2 rings (SSSR count). The Morgan fingerprint density at radius 2 is 2.04 bits per heavy atom. The largest absolute Gasteiger partial charge is 0.508 e. The van der Waals surface area contributed by atoms with Gasteiger partial charge >= 0.3 is 0 Å². The van der Waals surface area contributed by atoms with Crippen molar-refractivity contribution in [2.24, 2.45) is 16.7 Å². The molecule has 0 bridgehead atoms. The van der Waals surface area contributed by atoms with Crippen LogP contribution in [0.1, 0.15) is 39.8 Å². The average molecular weight is 330 g/mol. The first kappa shape index (κ1) is 17.1. The van der Waals surface area contributed by atoms with Crippen LogP contribution in [0.5, 0.6) is 5.75 Å². The molecule has 0 aliphatic rings. The van der Waals surface area contributed by atoms with Gasteiger partial charge in [-0.15, -0.1) is 16.4 Å². The van der Waals surface area contributed by atoms with Gasteiger partial charge in [0.05, 0.1) is 4.88 Å². The third-order valence-corrected chi connectivity index (χ3v) is 4.84. The number of thiophene rings is 1. The third-order valence-electron chi connectivity index (χ3n) is 3.64. The molecule has 1 heterocycles. The van der Waals surface area contributed by atoms with E-state index in [4.69, 9.17) is 11.6 Å². The van der Waals surface area contributed by atoms with E-state index in [1.807, 2.05) is 26.0 Å². The SMILES string of the molecule is CC/C(=C\c1sc(/C(N)=N/NN)cc1C)c1ccc(O)cc1C. The molecular weight excluding hydrogens is 308 g/mol. The number of nitrogens with zero attached hydrogens (tertiary/aromatic N) is 1. The maximum Gasteiger partial charge on any atom is 0.162 e. The number of amidine groups is 1. The summed E-state index contributed by atoms with van der Waals surface area (Å²) in [5.41, 5.74) is 12.6. The maximum absolute atomic E-state index is 9.58. The Morgan fingerprint density at radius 1 is 1.30 bits per heavy atom. The minimum Gasteiger partial charge on any atom is -0.508 e. The van der Waals surface area contributed by atoms with E-state index >= 15 is 0 Å². The van der Waals surface area contributed by atoms with Crippen LogP contribution in [0, 0.1) is 13.8 Å². The zero-order chi connectivity index (χ0) is 17.0. The zero-order valence-corrected chi connectivity index (χ0v) is 14.4. The second kappa shape index (κ2) is 7.30. The van der Waals surface area contributed by atoms with Crippen molar-refractivity contribution in [3.63, 3.8) is 0 Å². The van der Waals surface area contributed by atoms with Crippen molar-refractivity contribution in [1.82, 2.24) is 5.53 Å². The number of hydrazone groups is 1. The summed E-state index contributed by atoms with van der Waals surface area (Å²) < 4.78 is 0. The lowest BCUT2D eigenvalue weighted by molar-refractivity contribution is 0.475. The molecule has 1 aromatic carbocycles. The summed E-state index contributed by atoms with van der Waals surface area (Å²) >= 11 is 1.58. The van der Waals surface area contributed by atoms with Crippen LogP contribution in [0.25, 0.3) is 11.6 Å². The summed E-state index contributed by atoms with van der Waals surface area (Å²) in [6, 6.07) is 7.46. The van der Waals surface area contributed by atoms with Gasteiger partial charge in [-0.05, 0) is 66.8 Å². The summed E-state index contributed by atoms with van der Waals surface area (Å²) in [5, 5.41) is 13.4. The Hall–Kier alpha value is -2.31. The summed E-state index contributed by atoms with van der Waals surface area (Å²) in [7, 11) is 0. The second-order valence-electron chi connectivity index (χ2n) is 5.31. The van der Waals surface area contributed by atoms with Gasteiger partial charge in [0.25, 0.3) is 0 Å². The van der Waals surface area contributed by atoms with Crippen LogP contribution < -0.4 is 17.1 Å². The number of aryl methyl sites for hydroxylation is 2. The molecule has 0 aliphatic carbocycles. The molecule has 0 aliphatic heterocycles. The molecule has 122 valence electrons. The predicted molar refractivity (Wildman–Crippen MR) is 98.1 cm³/mol. The summed E-state index contributed by atoms with van der Waals surface area (Å²) in [6.07, 6.45) is 3.07. The molecule has 6 N–H and O–H groups in total. The Labute approximate surface area is 140 Å². The standard InChI is InChI=1S/C17H22N4OS/c1-4-12(14-6-5-13(22)7-10(14)2)9-15-11(3)8-16(23-15)17(18)20-21-19/h5-9,21-22H,4,19H2,1-3H3,(H2,18,20)/b12-9+. The van der Waals surface area contributed by atoms with Crippen molar-refractivity contribution in [2.45, 2.75) is 27.2 Å². The van der Waals surface area contributed by atoms with Crippen LogP contribution in [0.2, 0.25) is 0 Å². The fraction of sp³-hybridized carbons (Fsp3) is 0.235. The van der Waals surface area contributed by atoms with Crippen molar-refractivity contribution in [1.29, 1.82) is 0 Å². The highest BCUT2D eigenvalue weighted by Crippen LogP contribution is 2.31. The van der Waals surface area contributed by atoms with Crippen LogP contribution >= 0.6 is 11.3 Å². The number of hydrazine groups is 1. The fourth-order valence-corrected chi connectivity index (χ4v) is 3.47. The Morgan fingerprint density at radius 3 is 2.65 bits per heavy atom. The summed E-state index contributed by atoms with van der Waals surface area (Å²) in [5.74, 6) is 5.83. The van der Waals surface area contributed by atoms with Gasteiger partial charge in [-0.2, -0.15) is 0 Å². The first-order chi connectivity index (χ1) is 11.0. The molecule has 2 aromatic rings. The van der Waals surface area contributed by atoms with Crippen molar-refractivity contribution < 1.29 is 5.11 Å². The van der Waals surface area contributed by atoms with Gasteiger partial charge in [0.15, 0.2) is 5.84 Å². The predicted octanol–water partition coefficient (Wildman–Crippen LogP) is 3.10. The summed E-state index contributed by atoms with van der Waals surface area (Å²) in [6.45, 7) is 6.17. The van der Waals surface area contributed by atoms with E-state index < -0.39 is 0 Å². The molecule has 0 atom stereocenters. The topological polar surface area (TPSA) is 96.7 Å². The monoisotopic (exact) mass is 330 g/mol. The maximum atomic E-state index is 9.58. The molecule has 6 heteroatoms. The molecule has 1 aromatic heterocycles. The average Bonchev–Trinajstić information content (AvgIpc) is 2.87. The minimum absolute atomic E-state index is 0.287. The normalized spacial score (nSPS) is 12.5. The first-order valence-electron chi connectivity index (χ1n) is 7.36. The number of nitrogens with two attached hydrogens (primary N) is 2. The number of benzene rings is 1. The number of phenolic OH excluding ortho intramolecular Hbond substituents is 1. The lowest BCUT2D eigenvalue weighted by atomic mass is 9.97. The molecule has 0 fully saturated rings. The van der Waals surface area contributed by atoms with Crippen LogP contribution in [0.4, 0.5) is 0 Å². The van der Waals surface area contributed by atoms with Gasteiger partial charge in [-0.3, -0.25) is 0 Å². The lowest BCUT2D eigenvalue weighted by Crippen LogP contribution is -2.22. The Bertz CT molecular complexity index is 762. The van der Waals surface area contributed by atoms with Gasteiger partial charge in [-0.1, -0.05) is 13.0 Å². The van der Waals surface area contributed by atoms with E-state index in [9.17, 15) is 5.11 Å². The van der Waals surface area contributed by atoms with E-state index in [0.717, 1.165) is 32.9 Å². The van der Waals surface area contributed by atoms with Crippen molar-refractivity contribution in [2.75, 3.05) is 0 Å². The first-order valence-corrected chi connectivity index (χ1v) is 8.18. The van der Waals surface area contributed by atoms with Crippen LogP contribution in [-0.2, 0) is 0 Å². The number of hydrogen-bond acceptors (Lipinski definition) is 5. The number of phenols is 1. The molecule has 5 nitrogen and oxygen atoms in total. The molecule has 0 radical (unpaired) electrons. The third kappa shape index (κ3) is 3.91. The number of allylic oxidation sites excluding steroid dienone is 1. The quantitative estimate of drug-likeness (QED) is 0.293. The molecule has 0 saturated carbocycles. The molecule has 0 spiro atoms. The van der Waals surface area contributed by atoms with E-state index in [-0.39, 0.29) is 5.75 Å². The van der Waals surface area contributed by atoms with Gasteiger partial charge in [-0.25, -0.2) is 11.4 Å². The highest BCUT2D eigenvalue weighted by atomic mass is 32.1. The Kier molecular flexibility index (Phi) is 5.41. The summed E-state index contributed by atoms with van der Waals surface area (Å²) in [4.78, 5) is 2.02. The van der Waals surface area contributed by atoms with E-state index in [0.29, 0.717) is 5.84 Å². The lowest BCUT2D eigenvalue weighted by Gasteiger charge is -2.09. The highest BCUT2D eigenvalue weighted by molar-refractivity contribution is 7.15. The second-order valence-corrected chi connectivity index (χ2v) is 6.39. The van der Waals surface area contributed by atoms with Gasteiger partial charge < -0.3 is 10.8 Å². The van der Waals surface area contributed by atoms with E-state index in [1.165, 1.54) is 5.57 Å². The van der Waals surface area contributed by atoms with Crippen molar-refractivity contribution >= 4 is 28.8 Å². The highest BCUT2D eigenvalue weighted by Gasteiger charge is 2.10. The van der Waals surface area contributed by atoms with E-state index in [1.54, 1.807) is 23.5 Å². The van der Waals surface area contributed by atoms with Gasteiger partial charge in [0.2, 0.25) is 0 Å². The van der Waals surface area contributed by atoms with Crippen LogP contribution in [0.3, 0.4) is 0 Å².